The molecule has 0 aliphatic carbocycles. The molecule has 120 valence electrons. The first-order valence-electron chi connectivity index (χ1n) is 7.01. The zero-order valence-corrected chi connectivity index (χ0v) is 13.3. The average molecular weight is 332 g/mol. The van der Waals surface area contributed by atoms with Crippen LogP contribution in [0.2, 0.25) is 0 Å². The predicted molar refractivity (Wildman–Crippen MR) is 85.4 cm³/mol. The minimum absolute atomic E-state index is 0.0630. The van der Waals surface area contributed by atoms with Gasteiger partial charge in [0.25, 0.3) is 0 Å². The van der Waals surface area contributed by atoms with Crippen molar-refractivity contribution in [3.8, 4) is 0 Å². The Morgan fingerprint density at radius 2 is 2.09 bits per heavy atom. The quantitative estimate of drug-likeness (QED) is 0.750. The molecule has 0 radical (unpaired) electrons. The van der Waals surface area contributed by atoms with Gasteiger partial charge < -0.3 is 9.15 Å². The summed E-state index contributed by atoms with van der Waals surface area (Å²) in [5.41, 5.74) is 0.736. The third kappa shape index (κ3) is 3.42. The molecule has 1 N–H and O–H groups in total. The second-order valence-electron chi connectivity index (χ2n) is 4.95. The number of rotatable bonds is 6. The van der Waals surface area contributed by atoms with Crippen LogP contribution in [0.15, 0.2) is 64.2 Å². The van der Waals surface area contributed by atoms with Gasteiger partial charge in [-0.25, -0.2) is 13.1 Å². The number of sulfonamides is 1. The van der Waals surface area contributed by atoms with Gasteiger partial charge in [0.05, 0.1) is 0 Å². The normalized spacial score (nSPS) is 13.3. The monoisotopic (exact) mass is 332 g/mol. The molecule has 0 spiro atoms. The number of furan rings is 1. The number of methoxy groups -OCH3 is 1. The highest BCUT2D eigenvalue weighted by Gasteiger charge is 2.20. The van der Waals surface area contributed by atoms with Crippen molar-refractivity contribution < 1.29 is 17.6 Å². The van der Waals surface area contributed by atoms with E-state index in [0.717, 1.165) is 11.0 Å². The third-order valence-corrected chi connectivity index (χ3v) is 4.86. The Morgan fingerprint density at radius 3 is 2.78 bits per heavy atom. The first-order valence-corrected chi connectivity index (χ1v) is 8.49. The second kappa shape index (κ2) is 6.49. The number of nitrogens with zero attached hydrogens (tertiary/aromatic N) is 1. The fourth-order valence-electron chi connectivity index (χ4n) is 2.24. The van der Waals surface area contributed by atoms with Gasteiger partial charge >= 0.3 is 0 Å². The summed E-state index contributed by atoms with van der Waals surface area (Å²) in [5, 5.41) is 0.944. The molecule has 0 saturated carbocycles. The van der Waals surface area contributed by atoms with Crippen molar-refractivity contribution >= 4 is 21.0 Å². The highest BCUT2D eigenvalue weighted by molar-refractivity contribution is 7.89. The number of aromatic nitrogens is 1. The molecule has 0 saturated heterocycles. The SMILES string of the molecule is COC(CNS(=O)(=O)c1cccnc1)c1cc2ccccc2o1. The zero-order valence-electron chi connectivity index (χ0n) is 12.5. The summed E-state index contributed by atoms with van der Waals surface area (Å²) in [5.74, 6) is 0.572. The van der Waals surface area contributed by atoms with Gasteiger partial charge in [-0.15, -0.1) is 0 Å². The molecule has 0 bridgehead atoms. The van der Waals surface area contributed by atoms with Crippen LogP contribution in [0.3, 0.4) is 0 Å². The minimum atomic E-state index is -3.64. The van der Waals surface area contributed by atoms with Crippen molar-refractivity contribution in [1.29, 1.82) is 0 Å². The number of benzene rings is 1. The zero-order chi connectivity index (χ0) is 16.3. The molecule has 3 rings (SSSR count). The van der Waals surface area contributed by atoms with Crippen LogP contribution >= 0.6 is 0 Å². The van der Waals surface area contributed by atoms with Crippen LogP contribution in [0.1, 0.15) is 11.9 Å². The van der Waals surface area contributed by atoms with Crippen LogP contribution in [0, 0.1) is 0 Å². The second-order valence-corrected chi connectivity index (χ2v) is 6.72. The smallest absolute Gasteiger partial charge is 0.242 e. The van der Waals surface area contributed by atoms with Crippen LogP contribution in [0.5, 0.6) is 0 Å². The Hall–Kier alpha value is -2.22. The van der Waals surface area contributed by atoms with E-state index in [1.165, 1.54) is 25.6 Å². The minimum Gasteiger partial charge on any atom is -0.458 e. The highest BCUT2D eigenvalue weighted by atomic mass is 32.2. The van der Waals surface area contributed by atoms with Gasteiger partial charge in [0.1, 0.15) is 22.3 Å². The maximum Gasteiger partial charge on any atom is 0.242 e. The van der Waals surface area contributed by atoms with E-state index >= 15 is 0 Å². The summed E-state index contributed by atoms with van der Waals surface area (Å²) in [6.45, 7) is 0.0630. The summed E-state index contributed by atoms with van der Waals surface area (Å²) in [7, 11) is -2.13. The number of para-hydroxylation sites is 1. The molecule has 0 aliphatic heterocycles. The van der Waals surface area contributed by atoms with E-state index in [1.54, 1.807) is 6.07 Å². The van der Waals surface area contributed by atoms with E-state index < -0.39 is 16.1 Å². The van der Waals surface area contributed by atoms with Gasteiger partial charge in [-0.3, -0.25) is 4.98 Å². The van der Waals surface area contributed by atoms with Crippen molar-refractivity contribution in [2.45, 2.75) is 11.0 Å². The molecular formula is C16H16N2O4S. The van der Waals surface area contributed by atoms with Gasteiger partial charge in [-0.2, -0.15) is 0 Å². The van der Waals surface area contributed by atoms with Crippen molar-refractivity contribution in [3.05, 3.63) is 60.6 Å². The predicted octanol–water partition coefficient (Wildman–Crippen LogP) is 2.49. The molecule has 1 atom stereocenters. The summed E-state index contributed by atoms with van der Waals surface area (Å²) in [6.07, 6.45) is 2.30. The summed E-state index contributed by atoms with van der Waals surface area (Å²) in [4.78, 5) is 3.93. The molecule has 0 aliphatic rings. The number of fused-ring (bicyclic) bond motifs is 1. The van der Waals surface area contributed by atoms with Crippen LogP contribution in [-0.4, -0.2) is 27.1 Å². The lowest BCUT2D eigenvalue weighted by Gasteiger charge is -2.13. The number of pyridine rings is 1. The number of ether oxygens (including phenoxy) is 1. The van der Waals surface area contributed by atoms with E-state index in [-0.39, 0.29) is 11.4 Å². The Morgan fingerprint density at radius 1 is 1.26 bits per heavy atom. The lowest BCUT2D eigenvalue weighted by atomic mass is 10.2. The molecule has 7 heteroatoms. The molecule has 1 unspecified atom stereocenters. The van der Waals surface area contributed by atoms with Crippen molar-refractivity contribution in [1.82, 2.24) is 9.71 Å². The topological polar surface area (TPSA) is 81.4 Å². The average Bonchev–Trinajstić information content (AvgIpc) is 3.00. The molecule has 23 heavy (non-hydrogen) atoms. The molecule has 1 aromatic carbocycles. The Kier molecular flexibility index (Phi) is 4.42. The summed E-state index contributed by atoms with van der Waals surface area (Å²) in [6, 6.07) is 12.5. The van der Waals surface area contributed by atoms with Crippen molar-refractivity contribution in [2.75, 3.05) is 13.7 Å². The van der Waals surface area contributed by atoms with E-state index in [0.29, 0.717) is 5.76 Å². The first-order chi connectivity index (χ1) is 11.1. The molecule has 3 aromatic rings. The maximum absolute atomic E-state index is 12.2. The fraction of sp³-hybridized carbons (Fsp3) is 0.188. The standard InChI is InChI=1S/C16H16N2O4S/c1-21-16(15-9-12-5-2-3-7-14(12)22-15)11-18-23(19,20)13-6-4-8-17-10-13/h2-10,16,18H,11H2,1H3. The lowest BCUT2D eigenvalue weighted by Crippen LogP contribution is -2.29. The van der Waals surface area contributed by atoms with Gasteiger partial charge in [0.2, 0.25) is 10.0 Å². The van der Waals surface area contributed by atoms with E-state index in [9.17, 15) is 8.42 Å². The Balaban J connectivity index is 1.77. The van der Waals surface area contributed by atoms with Crippen molar-refractivity contribution in [3.63, 3.8) is 0 Å². The van der Waals surface area contributed by atoms with E-state index in [1.807, 2.05) is 30.3 Å². The fourth-order valence-corrected chi connectivity index (χ4v) is 3.23. The molecule has 2 aromatic heterocycles. The Labute approximate surface area is 134 Å². The van der Waals surface area contributed by atoms with Crippen LogP contribution < -0.4 is 4.72 Å². The molecule has 0 amide bonds. The van der Waals surface area contributed by atoms with Crippen molar-refractivity contribution in [2.24, 2.45) is 0 Å². The van der Waals surface area contributed by atoms with E-state index in [4.69, 9.17) is 9.15 Å². The molecular weight excluding hydrogens is 316 g/mol. The van der Waals surface area contributed by atoms with Gasteiger partial charge in [0, 0.05) is 31.4 Å². The number of hydrogen-bond donors (Lipinski definition) is 1. The number of hydrogen-bond acceptors (Lipinski definition) is 5. The van der Waals surface area contributed by atoms with Gasteiger partial charge in [-0.1, -0.05) is 18.2 Å². The van der Waals surface area contributed by atoms with Crippen LogP contribution in [-0.2, 0) is 14.8 Å². The Bertz CT molecular complexity index is 858. The third-order valence-electron chi connectivity index (χ3n) is 3.45. The first kappa shape index (κ1) is 15.7. The van der Waals surface area contributed by atoms with Crippen LogP contribution in [0.4, 0.5) is 0 Å². The molecule has 6 nitrogen and oxygen atoms in total. The lowest BCUT2D eigenvalue weighted by molar-refractivity contribution is 0.0893. The summed E-state index contributed by atoms with van der Waals surface area (Å²) >= 11 is 0. The number of nitrogens with one attached hydrogen (secondary N) is 1. The van der Waals surface area contributed by atoms with Gasteiger partial charge in [0.15, 0.2) is 0 Å². The molecule has 2 heterocycles. The highest BCUT2D eigenvalue weighted by Crippen LogP contribution is 2.25. The summed E-state index contributed by atoms with van der Waals surface area (Å²) < 4.78 is 38.0. The largest absolute Gasteiger partial charge is 0.458 e. The molecule has 0 fully saturated rings. The van der Waals surface area contributed by atoms with Gasteiger partial charge in [-0.05, 0) is 24.3 Å². The van der Waals surface area contributed by atoms with Crippen LogP contribution in [0.25, 0.3) is 11.0 Å². The van der Waals surface area contributed by atoms with E-state index in [2.05, 4.69) is 9.71 Å². The maximum atomic E-state index is 12.2.